The molecule has 0 aromatic heterocycles. The number of benzene rings is 1. The molecular formula is C19H30N2. The van der Waals surface area contributed by atoms with Crippen LogP contribution in [-0.4, -0.2) is 23.0 Å². The minimum Gasteiger partial charge on any atom is -0.328 e. The molecule has 2 aliphatic rings. The van der Waals surface area contributed by atoms with Gasteiger partial charge in [-0.05, 0) is 49.1 Å². The highest BCUT2D eigenvalue weighted by molar-refractivity contribution is 5.29. The van der Waals surface area contributed by atoms with Crippen LogP contribution in [0.5, 0.6) is 0 Å². The molecule has 1 aromatic carbocycles. The quantitative estimate of drug-likeness (QED) is 0.890. The van der Waals surface area contributed by atoms with Gasteiger partial charge >= 0.3 is 0 Å². The highest BCUT2D eigenvalue weighted by atomic mass is 15.2. The summed E-state index contributed by atoms with van der Waals surface area (Å²) in [6.45, 7) is 9.20. The van der Waals surface area contributed by atoms with Crippen molar-refractivity contribution < 1.29 is 0 Å². The third kappa shape index (κ3) is 2.89. The van der Waals surface area contributed by atoms with E-state index in [0.717, 1.165) is 0 Å². The lowest BCUT2D eigenvalue weighted by molar-refractivity contribution is 0.0854. The van der Waals surface area contributed by atoms with Gasteiger partial charge in [-0.3, -0.25) is 4.90 Å². The zero-order chi connectivity index (χ0) is 15.2. The first-order chi connectivity index (χ1) is 9.86. The van der Waals surface area contributed by atoms with Crippen LogP contribution in [0.25, 0.3) is 0 Å². The van der Waals surface area contributed by atoms with Gasteiger partial charge in [-0.1, -0.05) is 45.0 Å². The van der Waals surface area contributed by atoms with Crippen LogP contribution >= 0.6 is 0 Å². The Hall–Kier alpha value is -0.860. The summed E-state index contributed by atoms with van der Waals surface area (Å²) >= 11 is 0. The Morgan fingerprint density at radius 3 is 2.05 bits per heavy atom. The first kappa shape index (κ1) is 15.1. The highest BCUT2D eigenvalue weighted by Gasteiger charge is 2.41. The number of fused-ring (bicyclic) bond motifs is 2. The van der Waals surface area contributed by atoms with Gasteiger partial charge < -0.3 is 5.73 Å². The highest BCUT2D eigenvalue weighted by Crippen LogP contribution is 2.41. The van der Waals surface area contributed by atoms with Gasteiger partial charge in [0.05, 0.1) is 0 Å². The molecule has 21 heavy (non-hydrogen) atoms. The molecule has 3 atom stereocenters. The molecule has 2 aliphatic heterocycles. The summed E-state index contributed by atoms with van der Waals surface area (Å²) in [4.78, 5) is 2.75. The maximum Gasteiger partial charge on any atom is 0.0325 e. The molecule has 1 aromatic rings. The van der Waals surface area contributed by atoms with Crippen LogP contribution in [0, 0.1) is 0 Å². The fraction of sp³-hybridized carbons (Fsp3) is 0.684. The van der Waals surface area contributed by atoms with Crippen LogP contribution < -0.4 is 5.73 Å². The van der Waals surface area contributed by atoms with Gasteiger partial charge in [-0.15, -0.1) is 0 Å². The van der Waals surface area contributed by atoms with E-state index in [1.165, 1.54) is 36.8 Å². The van der Waals surface area contributed by atoms with Crippen LogP contribution in [0.1, 0.15) is 70.5 Å². The van der Waals surface area contributed by atoms with E-state index in [2.05, 4.69) is 56.9 Å². The van der Waals surface area contributed by atoms with Crippen LogP contribution in [0.15, 0.2) is 24.3 Å². The molecule has 0 amide bonds. The summed E-state index contributed by atoms with van der Waals surface area (Å²) in [5, 5.41) is 0. The fourth-order valence-corrected chi connectivity index (χ4v) is 4.32. The van der Waals surface area contributed by atoms with Crippen molar-refractivity contribution in [1.29, 1.82) is 0 Å². The van der Waals surface area contributed by atoms with E-state index in [4.69, 9.17) is 5.73 Å². The van der Waals surface area contributed by atoms with Crippen LogP contribution in [0.3, 0.4) is 0 Å². The van der Waals surface area contributed by atoms with Crippen molar-refractivity contribution >= 4 is 0 Å². The van der Waals surface area contributed by atoms with Crippen LogP contribution in [0.4, 0.5) is 0 Å². The third-order valence-corrected chi connectivity index (χ3v) is 5.53. The molecular weight excluding hydrogens is 256 g/mol. The summed E-state index contributed by atoms with van der Waals surface area (Å²) in [7, 11) is 0. The van der Waals surface area contributed by atoms with Gasteiger partial charge in [0.2, 0.25) is 0 Å². The molecule has 3 unspecified atom stereocenters. The molecule has 2 bridgehead atoms. The fourth-order valence-electron chi connectivity index (χ4n) is 4.32. The van der Waals surface area contributed by atoms with Gasteiger partial charge in [0.25, 0.3) is 0 Å². The summed E-state index contributed by atoms with van der Waals surface area (Å²) in [5.74, 6) is 0. The number of hydrogen-bond acceptors (Lipinski definition) is 2. The summed E-state index contributed by atoms with van der Waals surface area (Å²) in [5.41, 5.74) is 9.31. The summed E-state index contributed by atoms with van der Waals surface area (Å²) in [6, 6.07) is 11.6. The Morgan fingerprint density at radius 2 is 1.57 bits per heavy atom. The molecule has 0 radical (unpaired) electrons. The van der Waals surface area contributed by atoms with Crippen LogP contribution in [-0.2, 0) is 5.41 Å². The molecule has 0 saturated carbocycles. The predicted molar refractivity (Wildman–Crippen MR) is 89.4 cm³/mol. The molecule has 2 N–H and O–H groups in total. The number of nitrogens with zero attached hydrogens (tertiary/aromatic N) is 1. The van der Waals surface area contributed by atoms with Gasteiger partial charge in [-0.2, -0.15) is 0 Å². The third-order valence-electron chi connectivity index (χ3n) is 5.53. The zero-order valence-electron chi connectivity index (χ0n) is 14.0. The largest absolute Gasteiger partial charge is 0.328 e. The number of piperidine rings is 1. The lowest BCUT2D eigenvalue weighted by Crippen LogP contribution is -2.48. The van der Waals surface area contributed by atoms with Crippen molar-refractivity contribution in [2.75, 3.05) is 0 Å². The lowest BCUT2D eigenvalue weighted by atomic mass is 9.86. The number of hydrogen-bond donors (Lipinski definition) is 1. The summed E-state index contributed by atoms with van der Waals surface area (Å²) in [6.07, 6.45) is 5.04. The second-order valence-corrected chi connectivity index (χ2v) is 8.11. The van der Waals surface area contributed by atoms with Gasteiger partial charge in [0, 0.05) is 24.2 Å². The van der Waals surface area contributed by atoms with E-state index in [9.17, 15) is 0 Å². The van der Waals surface area contributed by atoms with Crippen molar-refractivity contribution in [1.82, 2.24) is 4.90 Å². The molecule has 2 fully saturated rings. The topological polar surface area (TPSA) is 29.3 Å². The average Bonchev–Trinajstić information content (AvgIpc) is 2.69. The normalized spacial score (nSPS) is 31.4. The number of nitrogens with two attached hydrogens (primary N) is 1. The Balaban J connectivity index is 1.78. The van der Waals surface area contributed by atoms with Crippen molar-refractivity contribution in [2.24, 2.45) is 5.73 Å². The maximum absolute atomic E-state index is 6.20. The first-order valence-corrected chi connectivity index (χ1v) is 8.49. The SMILES string of the molecule is CC(c1ccc(C(C)(C)C)cc1)N1C2CCC1CC(N)C2. The Kier molecular flexibility index (Phi) is 3.87. The van der Waals surface area contributed by atoms with E-state index in [1.54, 1.807) is 0 Å². The van der Waals surface area contributed by atoms with Gasteiger partial charge in [0.1, 0.15) is 0 Å². The van der Waals surface area contributed by atoms with E-state index in [0.29, 0.717) is 24.2 Å². The van der Waals surface area contributed by atoms with Gasteiger partial charge in [-0.25, -0.2) is 0 Å². The number of rotatable bonds is 2. The monoisotopic (exact) mass is 286 g/mol. The van der Waals surface area contributed by atoms with Crippen molar-refractivity contribution in [3.05, 3.63) is 35.4 Å². The standard InChI is InChI=1S/C19H30N2/c1-13(14-5-7-15(8-6-14)19(2,3)4)21-17-9-10-18(21)12-16(20)11-17/h5-8,13,16-18H,9-12,20H2,1-4H3. The second-order valence-electron chi connectivity index (χ2n) is 8.11. The van der Waals surface area contributed by atoms with E-state index in [1.807, 2.05) is 0 Å². The molecule has 0 aliphatic carbocycles. The molecule has 116 valence electrons. The molecule has 2 saturated heterocycles. The van der Waals surface area contributed by atoms with Crippen molar-refractivity contribution in [3.8, 4) is 0 Å². The average molecular weight is 286 g/mol. The van der Waals surface area contributed by atoms with E-state index < -0.39 is 0 Å². The molecule has 2 nitrogen and oxygen atoms in total. The Labute approximate surface area is 129 Å². The maximum atomic E-state index is 6.20. The van der Waals surface area contributed by atoms with Crippen LogP contribution in [0.2, 0.25) is 0 Å². The minimum absolute atomic E-state index is 0.235. The molecule has 2 heteroatoms. The zero-order valence-corrected chi connectivity index (χ0v) is 14.0. The summed E-state index contributed by atoms with van der Waals surface area (Å²) < 4.78 is 0. The van der Waals surface area contributed by atoms with Crippen molar-refractivity contribution in [3.63, 3.8) is 0 Å². The smallest absolute Gasteiger partial charge is 0.0325 e. The minimum atomic E-state index is 0.235. The second kappa shape index (κ2) is 5.40. The first-order valence-electron chi connectivity index (χ1n) is 8.49. The van der Waals surface area contributed by atoms with E-state index in [-0.39, 0.29) is 5.41 Å². The molecule has 0 spiro atoms. The Morgan fingerprint density at radius 1 is 1.05 bits per heavy atom. The lowest BCUT2D eigenvalue weighted by Gasteiger charge is -2.41. The van der Waals surface area contributed by atoms with E-state index >= 15 is 0 Å². The molecule has 2 heterocycles. The van der Waals surface area contributed by atoms with Gasteiger partial charge in [0.15, 0.2) is 0 Å². The predicted octanol–water partition coefficient (Wildman–Crippen LogP) is 4.00. The molecule has 3 rings (SSSR count). The Bertz CT molecular complexity index is 471. The van der Waals surface area contributed by atoms with Crippen molar-refractivity contribution in [2.45, 2.75) is 83.0 Å².